The van der Waals surface area contributed by atoms with Crippen LogP contribution in [0, 0.1) is 0 Å². The van der Waals surface area contributed by atoms with Crippen molar-refractivity contribution < 1.29 is 17.9 Å². The lowest BCUT2D eigenvalue weighted by atomic mass is 9.93. The molecule has 0 bridgehead atoms. The van der Waals surface area contributed by atoms with E-state index in [4.69, 9.17) is 10.5 Å². The van der Waals surface area contributed by atoms with Crippen molar-refractivity contribution in [2.45, 2.75) is 38.1 Å². The maximum absolute atomic E-state index is 12.6. The third-order valence-corrected chi connectivity index (χ3v) is 2.91. The van der Waals surface area contributed by atoms with Gasteiger partial charge in [0, 0.05) is 13.2 Å². The van der Waals surface area contributed by atoms with E-state index in [0.29, 0.717) is 12.0 Å². The molecule has 0 spiro atoms. The van der Waals surface area contributed by atoms with E-state index in [-0.39, 0.29) is 0 Å². The van der Waals surface area contributed by atoms with Crippen LogP contribution in [0.4, 0.5) is 13.2 Å². The van der Waals surface area contributed by atoms with Gasteiger partial charge in [0.2, 0.25) is 0 Å². The van der Waals surface area contributed by atoms with Gasteiger partial charge in [0.15, 0.2) is 0 Å². The van der Waals surface area contributed by atoms with Crippen molar-refractivity contribution in [2.75, 3.05) is 7.11 Å². The molecule has 1 aromatic rings. The molecule has 5 heteroatoms. The fourth-order valence-corrected chi connectivity index (χ4v) is 1.68. The Labute approximate surface area is 105 Å². The summed E-state index contributed by atoms with van der Waals surface area (Å²) in [6, 6.07) is 4.62. The first-order chi connectivity index (χ1) is 8.15. The third-order valence-electron chi connectivity index (χ3n) is 2.91. The van der Waals surface area contributed by atoms with E-state index < -0.39 is 23.4 Å². The van der Waals surface area contributed by atoms with E-state index in [2.05, 4.69) is 0 Å². The summed E-state index contributed by atoms with van der Waals surface area (Å²) in [5.74, 6) is 0. The normalized spacial score (nSPS) is 14.6. The summed E-state index contributed by atoms with van der Waals surface area (Å²) in [6.07, 6.45) is -3.89. The second-order valence-electron chi connectivity index (χ2n) is 4.90. The van der Waals surface area contributed by atoms with Gasteiger partial charge in [-0.1, -0.05) is 12.1 Å². The molecule has 18 heavy (non-hydrogen) atoms. The number of ether oxygens (including phenoxy) is 1. The van der Waals surface area contributed by atoms with Crippen LogP contribution in [0.15, 0.2) is 24.3 Å². The summed E-state index contributed by atoms with van der Waals surface area (Å²) in [4.78, 5) is 0. The molecule has 0 saturated heterocycles. The molecule has 1 unspecified atom stereocenters. The van der Waals surface area contributed by atoms with Crippen molar-refractivity contribution in [3.63, 3.8) is 0 Å². The van der Waals surface area contributed by atoms with Crippen LogP contribution in [0.2, 0.25) is 0 Å². The van der Waals surface area contributed by atoms with E-state index in [9.17, 15) is 13.2 Å². The molecule has 1 aromatic carbocycles. The molecule has 2 N–H and O–H groups in total. The number of methoxy groups -OCH3 is 1. The number of benzene rings is 1. The zero-order valence-electron chi connectivity index (χ0n) is 10.7. The lowest BCUT2D eigenvalue weighted by Crippen LogP contribution is -2.28. The predicted octanol–water partition coefficient (Wildman–Crippen LogP) is 3.52. The average molecular weight is 261 g/mol. The van der Waals surface area contributed by atoms with Gasteiger partial charge < -0.3 is 10.5 Å². The summed E-state index contributed by atoms with van der Waals surface area (Å²) < 4.78 is 42.9. The molecular weight excluding hydrogens is 243 g/mol. The van der Waals surface area contributed by atoms with Crippen LogP contribution >= 0.6 is 0 Å². The van der Waals surface area contributed by atoms with Gasteiger partial charge in [-0.05, 0) is 38.0 Å². The first kappa shape index (κ1) is 15.0. The molecule has 0 aromatic heterocycles. The lowest BCUT2D eigenvalue weighted by molar-refractivity contribution is -0.137. The molecule has 0 aliphatic heterocycles. The van der Waals surface area contributed by atoms with E-state index in [1.807, 2.05) is 13.8 Å². The first-order valence-corrected chi connectivity index (χ1v) is 5.63. The number of hydrogen-bond acceptors (Lipinski definition) is 2. The molecule has 0 aliphatic carbocycles. The minimum Gasteiger partial charge on any atom is -0.379 e. The smallest absolute Gasteiger partial charge is 0.379 e. The summed E-state index contributed by atoms with van der Waals surface area (Å²) in [5, 5.41) is 0. The molecule has 0 aliphatic rings. The van der Waals surface area contributed by atoms with Gasteiger partial charge in [-0.25, -0.2) is 0 Å². The van der Waals surface area contributed by atoms with Gasteiger partial charge in [0.25, 0.3) is 0 Å². The number of rotatable bonds is 4. The Balaban J connectivity index is 2.90. The Hall–Kier alpha value is -1.07. The highest BCUT2D eigenvalue weighted by atomic mass is 19.4. The predicted molar refractivity (Wildman–Crippen MR) is 64.1 cm³/mol. The Bertz CT molecular complexity index is 401. The van der Waals surface area contributed by atoms with Gasteiger partial charge in [0.05, 0.1) is 11.2 Å². The van der Waals surface area contributed by atoms with E-state index >= 15 is 0 Å². The van der Waals surface area contributed by atoms with Crippen LogP contribution in [0.1, 0.15) is 37.4 Å². The quantitative estimate of drug-likeness (QED) is 0.900. The average Bonchev–Trinajstić information content (AvgIpc) is 2.27. The van der Waals surface area contributed by atoms with Crippen LogP contribution in [0.5, 0.6) is 0 Å². The number of alkyl halides is 3. The number of nitrogens with two attached hydrogens (primary N) is 1. The monoisotopic (exact) mass is 261 g/mol. The fourth-order valence-electron chi connectivity index (χ4n) is 1.68. The zero-order valence-corrected chi connectivity index (χ0v) is 10.7. The number of halogens is 3. The lowest BCUT2D eigenvalue weighted by Gasteiger charge is -2.27. The van der Waals surface area contributed by atoms with Crippen molar-refractivity contribution in [2.24, 2.45) is 5.73 Å². The molecule has 0 heterocycles. The second kappa shape index (κ2) is 5.28. The SMILES string of the molecule is COC(C)(C)CC(N)c1cccc(C(F)(F)F)c1. The molecule has 0 fully saturated rings. The summed E-state index contributed by atoms with van der Waals surface area (Å²) in [7, 11) is 1.55. The van der Waals surface area contributed by atoms with Crippen molar-refractivity contribution in [3.05, 3.63) is 35.4 Å². The number of hydrogen-bond donors (Lipinski definition) is 1. The highest BCUT2D eigenvalue weighted by Crippen LogP contribution is 2.32. The minimum atomic E-state index is -4.34. The van der Waals surface area contributed by atoms with Crippen LogP contribution in [-0.2, 0) is 10.9 Å². The molecule has 102 valence electrons. The summed E-state index contributed by atoms with van der Waals surface area (Å²) in [5.41, 5.74) is 5.25. The van der Waals surface area contributed by atoms with E-state index in [1.165, 1.54) is 6.07 Å². The highest BCUT2D eigenvalue weighted by molar-refractivity contribution is 5.28. The third kappa shape index (κ3) is 3.99. The second-order valence-corrected chi connectivity index (χ2v) is 4.90. The maximum atomic E-state index is 12.6. The van der Waals surface area contributed by atoms with Gasteiger partial charge >= 0.3 is 6.18 Å². The van der Waals surface area contributed by atoms with E-state index in [0.717, 1.165) is 12.1 Å². The Morgan fingerprint density at radius 2 is 1.89 bits per heavy atom. The van der Waals surface area contributed by atoms with Gasteiger partial charge in [-0.15, -0.1) is 0 Å². The molecule has 1 atom stereocenters. The molecular formula is C13H18F3NO. The molecule has 0 saturated carbocycles. The van der Waals surface area contributed by atoms with Crippen molar-refractivity contribution >= 4 is 0 Å². The van der Waals surface area contributed by atoms with Crippen molar-refractivity contribution in [3.8, 4) is 0 Å². The van der Waals surface area contributed by atoms with Crippen molar-refractivity contribution in [1.29, 1.82) is 0 Å². The Kier molecular flexibility index (Phi) is 4.40. The van der Waals surface area contributed by atoms with Crippen molar-refractivity contribution in [1.82, 2.24) is 0 Å². The fraction of sp³-hybridized carbons (Fsp3) is 0.538. The van der Waals surface area contributed by atoms with Gasteiger partial charge in [0.1, 0.15) is 0 Å². The zero-order chi connectivity index (χ0) is 14.0. The molecule has 1 rings (SSSR count). The van der Waals surface area contributed by atoms with Gasteiger partial charge in [-0.3, -0.25) is 0 Å². The molecule has 2 nitrogen and oxygen atoms in total. The van der Waals surface area contributed by atoms with Gasteiger partial charge in [-0.2, -0.15) is 13.2 Å². The molecule has 0 radical (unpaired) electrons. The minimum absolute atomic E-state index is 0.449. The summed E-state index contributed by atoms with van der Waals surface area (Å²) >= 11 is 0. The Morgan fingerprint density at radius 3 is 2.39 bits per heavy atom. The summed E-state index contributed by atoms with van der Waals surface area (Å²) in [6.45, 7) is 3.70. The molecule has 0 amide bonds. The van der Waals surface area contributed by atoms with Crippen LogP contribution in [0.3, 0.4) is 0 Å². The highest BCUT2D eigenvalue weighted by Gasteiger charge is 2.31. The Morgan fingerprint density at radius 1 is 1.28 bits per heavy atom. The largest absolute Gasteiger partial charge is 0.416 e. The van der Waals surface area contributed by atoms with Crippen LogP contribution in [-0.4, -0.2) is 12.7 Å². The first-order valence-electron chi connectivity index (χ1n) is 5.63. The van der Waals surface area contributed by atoms with Crippen LogP contribution < -0.4 is 5.73 Å². The maximum Gasteiger partial charge on any atom is 0.416 e. The topological polar surface area (TPSA) is 35.2 Å². The van der Waals surface area contributed by atoms with E-state index in [1.54, 1.807) is 13.2 Å². The van der Waals surface area contributed by atoms with Crippen LogP contribution in [0.25, 0.3) is 0 Å². The standard InChI is InChI=1S/C13H18F3NO/c1-12(2,18-3)8-11(17)9-5-4-6-10(7-9)13(14,15)16/h4-7,11H,8,17H2,1-3H3.